The first kappa shape index (κ1) is 11.9. The van der Waals surface area contributed by atoms with Gasteiger partial charge in [-0.05, 0) is 11.1 Å². The zero-order valence-corrected chi connectivity index (χ0v) is 10.3. The van der Waals surface area contributed by atoms with Gasteiger partial charge in [0.1, 0.15) is 0 Å². The number of halogens is 1. The van der Waals surface area contributed by atoms with Crippen molar-refractivity contribution in [1.82, 2.24) is 0 Å². The van der Waals surface area contributed by atoms with E-state index in [9.17, 15) is 0 Å². The van der Waals surface area contributed by atoms with Crippen molar-refractivity contribution in [2.45, 2.75) is 24.3 Å². The topological polar surface area (TPSA) is 18.5 Å². The standard InChI is InChI=1S/C13H17ClO2/c1-15-13(5-7-16-8-6-13)12-4-2-3-11(9-12)10-14/h2-4,9H,5-8,10H2,1H3. The molecule has 0 atom stereocenters. The van der Waals surface area contributed by atoms with Gasteiger partial charge in [-0.2, -0.15) is 0 Å². The first-order valence-electron chi connectivity index (χ1n) is 5.59. The lowest BCUT2D eigenvalue weighted by molar-refractivity contribution is -0.0948. The normalized spacial score (nSPS) is 19.6. The van der Waals surface area contributed by atoms with E-state index in [0.29, 0.717) is 5.88 Å². The number of alkyl halides is 1. The van der Waals surface area contributed by atoms with Gasteiger partial charge in [0.05, 0.1) is 5.60 Å². The molecule has 0 unspecified atom stereocenters. The van der Waals surface area contributed by atoms with Crippen molar-refractivity contribution in [3.8, 4) is 0 Å². The molecule has 0 aromatic heterocycles. The van der Waals surface area contributed by atoms with Crippen molar-refractivity contribution in [2.24, 2.45) is 0 Å². The van der Waals surface area contributed by atoms with Crippen molar-refractivity contribution < 1.29 is 9.47 Å². The smallest absolute Gasteiger partial charge is 0.0971 e. The van der Waals surface area contributed by atoms with Gasteiger partial charge in [0.25, 0.3) is 0 Å². The summed E-state index contributed by atoms with van der Waals surface area (Å²) >= 11 is 5.86. The van der Waals surface area contributed by atoms with Crippen molar-refractivity contribution >= 4 is 11.6 Å². The second-order valence-electron chi connectivity index (χ2n) is 4.14. The largest absolute Gasteiger partial charge is 0.381 e. The summed E-state index contributed by atoms with van der Waals surface area (Å²) in [5.41, 5.74) is 2.18. The van der Waals surface area contributed by atoms with Crippen molar-refractivity contribution in [3.05, 3.63) is 35.4 Å². The first-order chi connectivity index (χ1) is 7.80. The molecule has 0 spiro atoms. The SMILES string of the molecule is COC1(c2cccc(CCl)c2)CCOCC1. The summed E-state index contributed by atoms with van der Waals surface area (Å²) in [7, 11) is 1.78. The molecule has 0 bridgehead atoms. The van der Waals surface area contributed by atoms with E-state index in [1.807, 2.05) is 12.1 Å². The number of rotatable bonds is 3. The van der Waals surface area contributed by atoms with Crippen LogP contribution in [0.1, 0.15) is 24.0 Å². The number of methoxy groups -OCH3 is 1. The molecule has 1 saturated heterocycles. The van der Waals surface area contributed by atoms with Gasteiger partial charge in [0.15, 0.2) is 0 Å². The Kier molecular flexibility index (Phi) is 3.85. The maximum absolute atomic E-state index is 5.86. The molecule has 0 aliphatic carbocycles. The highest BCUT2D eigenvalue weighted by atomic mass is 35.5. The minimum atomic E-state index is -0.180. The molecule has 1 fully saturated rings. The lowest BCUT2D eigenvalue weighted by atomic mass is 9.85. The average Bonchev–Trinajstić information content (AvgIpc) is 2.39. The quantitative estimate of drug-likeness (QED) is 0.756. The summed E-state index contributed by atoms with van der Waals surface area (Å²) in [4.78, 5) is 0. The minimum Gasteiger partial charge on any atom is -0.381 e. The van der Waals surface area contributed by atoms with Crippen LogP contribution < -0.4 is 0 Å². The molecular formula is C13H17ClO2. The van der Waals surface area contributed by atoms with Gasteiger partial charge < -0.3 is 9.47 Å². The lowest BCUT2D eigenvalue weighted by Gasteiger charge is -2.36. The lowest BCUT2D eigenvalue weighted by Crippen LogP contribution is -2.35. The zero-order valence-electron chi connectivity index (χ0n) is 9.54. The summed E-state index contributed by atoms with van der Waals surface area (Å²) in [5.74, 6) is 0.546. The Balaban J connectivity index is 2.31. The molecule has 1 aromatic rings. The van der Waals surface area contributed by atoms with Gasteiger partial charge >= 0.3 is 0 Å². The molecule has 3 heteroatoms. The Bertz CT molecular complexity index is 346. The van der Waals surface area contributed by atoms with Crippen LogP contribution >= 0.6 is 11.6 Å². The van der Waals surface area contributed by atoms with E-state index in [1.54, 1.807) is 7.11 Å². The van der Waals surface area contributed by atoms with Gasteiger partial charge in [0.2, 0.25) is 0 Å². The van der Waals surface area contributed by atoms with Crippen LogP contribution in [-0.2, 0) is 21.0 Å². The Morgan fingerprint density at radius 1 is 1.38 bits per heavy atom. The number of hydrogen-bond acceptors (Lipinski definition) is 2. The van der Waals surface area contributed by atoms with E-state index < -0.39 is 0 Å². The van der Waals surface area contributed by atoms with Gasteiger partial charge in [-0.1, -0.05) is 24.3 Å². The molecule has 2 nitrogen and oxygen atoms in total. The summed E-state index contributed by atoms with van der Waals surface area (Å²) < 4.78 is 11.1. The summed E-state index contributed by atoms with van der Waals surface area (Å²) in [6, 6.07) is 8.34. The third-order valence-corrected chi connectivity index (χ3v) is 3.61. The summed E-state index contributed by atoms with van der Waals surface area (Å²) in [6.45, 7) is 1.53. The molecule has 1 aliphatic rings. The molecule has 1 aromatic carbocycles. The highest BCUT2D eigenvalue weighted by molar-refractivity contribution is 6.17. The van der Waals surface area contributed by atoms with E-state index in [4.69, 9.17) is 21.1 Å². The van der Waals surface area contributed by atoms with E-state index in [0.717, 1.165) is 31.6 Å². The Morgan fingerprint density at radius 3 is 2.75 bits per heavy atom. The second kappa shape index (κ2) is 5.17. The molecule has 1 aliphatic heterocycles. The predicted octanol–water partition coefficient (Wildman–Crippen LogP) is 3.08. The zero-order chi connectivity index (χ0) is 11.4. The van der Waals surface area contributed by atoms with E-state index in [2.05, 4.69) is 12.1 Å². The Labute approximate surface area is 102 Å². The van der Waals surface area contributed by atoms with Crippen molar-refractivity contribution in [3.63, 3.8) is 0 Å². The molecule has 88 valence electrons. The van der Waals surface area contributed by atoms with E-state index in [-0.39, 0.29) is 5.60 Å². The Hall–Kier alpha value is -0.570. The summed E-state index contributed by atoms with van der Waals surface area (Å²) in [6.07, 6.45) is 1.82. The van der Waals surface area contributed by atoms with Gasteiger partial charge in [0, 0.05) is 39.0 Å². The average molecular weight is 241 g/mol. The van der Waals surface area contributed by atoms with Crippen LogP contribution in [0.25, 0.3) is 0 Å². The van der Waals surface area contributed by atoms with Crippen LogP contribution in [0.4, 0.5) is 0 Å². The minimum absolute atomic E-state index is 0.180. The molecule has 2 rings (SSSR count). The number of ether oxygens (including phenoxy) is 2. The first-order valence-corrected chi connectivity index (χ1v) is 6.12. The van der Waals surface area contributed by atoms with E-state index in [1.165, 1.54) is 5.56 Å². The molecule has 0 radical (unpaired) electrons. The summed E-state index contributed by atoms with van der Waals surface area (Å²) in [5, 5.41) is 0. The molecular weight excluding hydrogens is 224 g/mol. The molecule has 0 saturated carbocycles. The van der Waals surface area contributed by atoms with Gasteiger partial charge in [-0.3, -0.25) is 0 Å². The fourth-order valence-electron chi connectivity index (χ4n) is 2.25. The number of benzene rings is 1. The van der Waals surface area contributed by atoms with Crippen molar-refractivity contribution in [2.75, 3.05) is 20.3 Å². The predicted molar refractivity (Wildman–Crippen MR) is 64.7 cm³/mol. The second-order valence-corrected chi connectivity index (χ2v) is 4.41. The fraction of sp³-hybridized carbons (Fsp3) is 0.538. The van der Waals surface area contributed by atoms with Crippen LogP contribution in [0.2, 0.25) is 0 Å². The third kappa shape index (κ3) is 2.24. The van der Waals surface area contributed by atoms with Crippen LogP contribution in [0.15, 0.2) is 24.3 Å². The molecule has 16 heavy (non-hydrogen) atoms. The van der Waals surface area contributed by atoms with Crippen LogP contribution in [-0.4, -0.2) is 20.3 Å². The van der Waals surface area contributed by atoms with Crippen molar-refractivity contribution in [1.29, 1.82) is 0 Å². The van der Waals surface area contributed by atoms with Gasteiger partial charge in [-0.25, -0.2) is 0 Å². The monoisotopic (exact) mass is 240 g/mol. The van der Waals surface area contributed by atoms with Gasteiger partial charge in [-0.15, -0.1) is 11.6 Å². The molecule has 0 amide bonds. The molecule has 1 heterocycles. The molecule has 0 N–H and O–H groups in total. The fourth-order valence-corrected chi connectivity index (χ4v) is 2.42. The maximum atomic E-state index is 5.86. The van der Waals surface area contributed by atoms with Crippen LogP contribution in [0, 0.1) is 0 Å². The maximum Gasteiger partial charge on any atom is 0.0971 e. The number of hydrogen-bond donors (Lipinski definition) is 0. The van der Waals surface area contributed by atoms with E-state index >= 15 is 0 Å². The third-order valence-electron chi connectivity index (χ3n) is 3.30. The highest BCUT2D eigenvalue weighted by Crippen LogP contribution is 2.35. The van der Waals surface area contributed by atoms with Crippen LogP contribution in [0.3, 0.4) is 0 Å². The van der Waals surface area contributed by atoms with Crippen LogP contribution in [0.5, 0.6) is 0 Å². The Morgan fingerprint density at radius 2 is 2.12 bits per heavy atom. The highest BCUT2D eigenvalue weighted by Gasteiger charge is 2.34.